The Hall–Kier alpha value is -2.82. The van der Waals surface area contributed by atoms with Crippen LogP contribution in [0.15, 0.2) is 42.5 Å². The highest BCUT2D eigenvalue weighted by molar-refractivity contribution is 6.09. The Morgan fingerprint density at radius 1 is 1.12 bits per heavy atom. The van der Waals surface area contributed by atoms with Crippen LogP contribution in [0, 0.1) is 13.8 Å². The van der Waals surface area contributed by atoms with Crippen LogP contribution in [0.2, 0.25) is 0 Å². The summed E-state index contributed by atoms with van der Waals surface area (Å²) in [4.78, 5) is 26.3. The lowest BCUT2D eigenvalue weighted by Crippen LogP contribution is -2.37. The van der Waals surface area contributed by atoms with E-state index in [2.05, 4.69) is 5.32 Å². The van der Waals surface area contributed by atoms with Crippen molar-refractivity contribution >= 4 is 17.5 Å². The number of carbonyl (C=O) groups is 2. The number of carbonyl (C=O) groups excluding carboxylic acids is 2. The molecule has 0 bridgehead atoms. The van der Waals surface area contributed by atoms with Gasteiger partial charge in [0.25, 0.3) is 5.91 Å². The summed E-state index contributed by atoms with van der Waals surface area (Å²) in [6.45, 7) is 4.97. The highest BCUT2D eigenvalue weighted by Crippen LogP contribution is 2.24. The molecule has 1 aliphatic rings. The van der Waals surface area contributed by atoms with Crippen LogP contribution in [0.5, 0.6) is 5.75 Å². The van der Waals surface area contributed by atoms with Gasteiger partial charge in [0.2, 0.25) is 5.91 Å². The molecule has 0 fully saturated rings. The molecule has 0 aliphatic carbocycles. The first kappa shape index (κ1) is 17.0. The molecule has 1 aliphatic heterocycles. The number of anilines is 1. The fourth-order valence-electron chi connectivity index (χ4n) is 2.92. The van der Waals surface area contributed by atoms with E-state index in [1.54, 1.807) is 4.90 Å². The quantitative estimate of drug-likeness (QED) is 0.853. The van der Waals surface area contributed by atoms with Gasteiger partial charge in [0, 0.05) is 6.54 Å². The van der Waals surface area contributed by atoms with Crippen LogP contribution in [0.1, 0.15) is 27.9 Å². The van der Waals surface area contributed by atoms with Crippen molar-refractivity contribution in [3.05, 3.63) is 59.2 Å². The number of hydrogen-bond donors (Lipinski definition) is 1. The lowest BCUT2D eigenvalue weighted by Gasteiger charge is -2.22. The Balaban J connectivity index is 1.69. The van der Waals surface area contributed by atoms with Gasteiger partial charge in [0.1, 0.15) is 5.75 Å². The molecule has 130 valence electrons. The van der Waals surface area contributed by atoms with E-state index in [0.29, 0.717) is 30.8 Å². The summed E-state index contributed by atoms with van der Waals surface area (Å²) in [7, 11) is 0. The second-order valence-corrected chi connectivity index (χ2v) is 6.22. The molecule has 2 aromatic rings. The van der Waals surface area contributed by atoms with Gasteiger partial charge in [-0.1, -0.05) is 29.8 Å². The van der Waals surface area contributed by atoms with Gasteiger partial charge in [-0.3, -0.25) is 9.59 Å². The number of ether oxygens (including phenoxy) is 1. The molecule has 5 nitrogen and oxygen atoms in total. The maximum atomic E-state index is 12.4. The second kappa shape index (κ2) is 7.38. The van der Waals surface area contributed by atoms with E-state index >= 15 is 0 Å². The standard InChI is InChI=1S/C20H22N2O3/c1-14-8-9-17-16(12-14)20(24)21-13-19(23)22(17)10-5-11-25-18-7-4-3-6-15(18)2/h3-4,6-9,12H,5,10-11,13H2,1-2H3,(H,21,24). The van der Waals surface area contributed by atoms with Crippen molar-refractivity contribution < 1.29 is 14.3 Å². The maximum Gasteiger partial charge on any atom is 0.253 e. The number of nitrogens with zero attached hydrogens (tertiary/aromatic N) is 1. The number of amides is 2. The molecule has 2 amide bonds. The zero-order valence-corrected chi connectivity index (χ0v) is 14.5. The Labute approximate surface area is 147 Å². The SMILES string of the molecule is Cc1ccc2c(c1)C(=O)NCC(=O)N2CCCOc1ccccc1C. The van der Waals surface area contributed by atoms with Crippen LogP contribution < -0.4 is 15.0 Å². The fraction of sp³-hybridized carbons (Fsp3) is 0.300. The van der Waals surface area contributed by atoms with Gasteiger partial charge in [-0.15, -0.1) is 0 Å². The summed E-state index contributed by atoms with van der Waals surface area (Å²) in [6.07, 6.45) is 0.682. The van der Waals surface area contributed by atoms with Gasteiger partial charge in [-0.05, 0) is 44.0 Å². The lowest BCUT2D eigenvalue weighted by atomic mass is 10.1. The average Bonchev–Trinajstić information content (AvgIpc) is 2.71. The van der Waals surface area contributed by atoms with Gasteiger partial charge in [-0.25, -0.2) is 0 Å². The molecule has 0 saturated carbocycles. The molecule has 2 aromatic carbocycles. The van der Waals surface area contributed by atoms with Crippen LogP contribution in [-0.4, -0.2) is 31.5 Å². The minimum absolute atomic E-state index is 0.0191. The minimum Gasteiger partial charge on any atom is -0.493 e. The summed E-state index contributed by atoms with van der Waals surface area (Å²) < 4.78 is 5.80. The molecule has 0 aromatic heterocycles. The van der Waals surface area contributed by atoms with Crippen molar-refractivity contribution in [3.63, 3.8) is 0 Å². The van der Waals surface area contributed by atoms with E-state index in [4.69, 9.17) is 4.74 Å². The molecule has 5 heteroatoms. The molecule has 0 unspecified atom stereocenters. The van der Waals surface area contributed by atoms with E-state index in [-0.39, 0.29) is 18.4 Å². The Morgan fingerprint density at radius 2 is 1.92 bits per heavy atom. The van der Waals surface area contributed by atoms with Crippen LogP contribution >= 0.6 is 0 Å². The topological polar surface area (TPSA) is 58.6 Å². The van der Waals surface area contributed by atoms with Crippen molar-refractivity contribution in [1.29, 1.82) is 0 Å². The zero-order chi connectivity index (χ0) is 17.8. The summed E-state index contributed by atoms with van der Waals surface area (Å²) in [5, 5.41) is 2.67. The van der Waals surface area contributed by atoms with E-state index in [9.17, 15) is 9.59 Å². The largest absolute Gasteiger partial charge is 0.493 e. The number of rotatable bonds is 5. The van der Waals surface area contributed by atoms with Crippen molar-refractivity contribution in [1.82, 2.24) is 5.32 Å². The molecule has 0 atom stereocenters. The third kappa shape index (κ3) is 3.82. The molecule has 0 spiro atoms. The second-order valence-electron chi connectivity index (χ2n) is 6.22. The number of nitrogens with one attached hydrogen (secondary N) is 1. The van der Waals surface area contributed by atoms with Crippen molar-refractivity contribution in [2.24, 2.45) is 0 Å². The monoisotopic (exact) mass is 338 g/mol. The molecule has 0 saturated heterocycles. The first-order chi connectivity index (χ1) is 12.1. The predicted molar refractivity (Wildman–Crippen MR) is 97.2 cm³/mol. The Bertz CT molecular complexity index is 801. The van der Waals surface area contributed by atoms with Crippen LogP contribution in [-0.2, 0) is 4.79 Å². The van der Waals surface area contributed by atoms with Crippen LogP contribution in [0.4, 0.5) is 5.69 Å². The van der Waals surface area contributed by atoms with Crippen molar-refractivity contribution in [2.75, 3.05) is 24.6 Å². The van der Waals surface area contributed by atoms with Gasteiger partial charge < -0.3 is 15.0 Å². The number of fused-ring (bicyclic) bond motifs is 1. The van der Waals surface area contributed by atoms with E-state index < -0.39 is 0 Å². The lowest BCUT2D eigenvalue weighted by molar-refractivity contribution is -0.117. The normalized spacial score (nSPS) is 13.9. The third-order valence-electron chi connectivity index (χ3n) is 4.27. The minimum atomic E-state index is -0.203. The third-order valence-corrected chi connectivity index (χ3v) is 4.27. The highest BCUT2D eigenvalue weighted by atomic mass is 16.5. The molecule has 25 heavy (non-hydrogen) atoms. The molecule has 0 radical (unpaired) electrons. The van der Waals surface area contributed by atoms with Crippen molar-refractivity contribution in [3.8, 4) is 5.75 Å². The van der Waals surface area contributed by atoms with Gasteiger partial charge in [-0.2, -0.15) is 0 Å². The van der Waals surface area contributed by atoms with E-state index in [0.717, 1.165) is 16.9 Å². The first-order valence-electron chi connectivity index (χ1n) is 8.44. The smallest absolute Gasteiger partial charge is 0.253 e. The van der Waals surface area contributed by atoms with E-state index in [1.807, 2.05) is 56.3 Å². The van der Waals surface area contributed by atoms with Gasteiger partial charge in [0.15, 0.2) is 0 Å². The highest BCUT2D eigenvalue weighted by Gasteiger charge is 2.25. The predicted octanol–water partition coefficient (Wildman–Crippen LogP) is 2.85. The molecule has 1 N–H and O–H groups in total. The summed E-state index contributed by atoms with van der Waals surface area (Å²) >= 11 is 0. The first-order valence-corrected chi connectivity index (χ1v) is 8.44. The Kier molecular flexibility index (Phi) is 5.03. The Morgan fingerprint density at radius 3 is 2.72 bits per heavy atom. The number of aryl methyl sites for hydroxylation is 2. The fourth-order valence-corrected chi connectivity index (χ4v) is 2.92. The zero-order valence-electron chi connectivity index (χ0n) is 14.5. The molecule has 1 heterocycles. The van der Waals surface area contributed by atoms with Crippen LogP contribution in [0.25, 0.3) is 0 Å². The molecule has 3 rings (SSSR count). The van der Waals surface area contributed by atoms with E-state index in [1.165, 1.54) is 0 Å². The van der Waals surface area contributed by atoms with Gasteiger partial charge >= 0.3 is 0 Å². The number of hydrogen-bond acceptors (Lipinski definition) is 3. The molecular weight excluding hydrogens is 316 g/mol. The average molecular weight is 338 g/mol. The maximum absolute atomic E-state index is 12.4. The summed E-state index contributed by atoms with van der Waals surface area (Å²) in [5.74, 6) is 0.551. The van der Waals surface area contributed by atoms with Crippen LogP contribution in [0.3, 0.4) is 0 Å². The van der Waals surface area contributed by atoms with Gasteiger partial charge in [0.05, 0.1) is 24.4 Å². The molecular formula is C20H22N2O3. The van der Waals surface area contributed by atoms with Crippen molar-refractivity contribution in [2.45, 2.75) is 20.3 Å². The number of para-hydroxylation sites is 1. The number of benzene rings is 2. The summed E-state index contributed by atoms with van der Waals surface area (Å²) in [5.41, 5.74) is 3.29. The summed E-state index contributed by atoms with van der Waals surface area (Å²) in [6, 6.07) is 13.4.